The van der Waals surface area contributed by atoms with Gasteiger partial charge in [-0.2, -0.15) is 0 Å². The molecule has 2 bridgehead atoms. The van der Waals surface area contributed by atoms with Crippen LogP contribution in [0.5, 0.6) is 0 Å². The fraction of sp³-hybridized carbons (Fsp3) is 0.933. The third kappa shape index (κ3) is 2.95. The van der Waals surface area contributed by atoms with Gasteiger partial charge in [-0.1, -0.05) is 6.42 Å². The van der Waals surface area contributed by atoms with Crippen molar-refractivity contribution < 1.29 is 9.53 Å². The van der Waals surface area contributed by atoms with Crippen LogP contribution in [0.3, 0.4) is 0 Å². The van der Waals surface area contributed by atoms with Gasteiger partial charge < -0.3 is 9.64 Å². The lowest BCUT2D eigenvalue weighted by Gasteiger charge is -2.41. The fourth-order valence-corrected chi connectivity index (χ4v) is 4.33. The molecule has 3 rings (SSSR count). The first-order valence-electron chi connectivity index (χ1n) is 7.79. The Morgan fingerprint density at radius 3 is 2.53 bits per heavy atom. The molecule has 3 atom stereocenters. The topological polar surface area (TPSA) is 32.8 Å². The predicted octanol–water partition coefficient (Wildman–Crippen LogP) is 1.36. The third-order valence-corrected chi connectivity index (χ3v) is 5.44. The Kier molecular flexibility index (Phi) is 4.08. The number of methoxy groups -OCH3 is 1. The first-order chi connectivity index (χ1) is 9.26. The van der Waals surface area contributed by atoms with Crippen molar-refractivity contribution in [2.75, 3.05) is 39.8 Å². The van der Waals surface area contributed by atoms with E-state index >= 15 is 0 Å². The van der Waals surface area contributed by atoms with Crippen LogP contribution in [0, 0.1) is 11.8 Å². The standard InChI is InChI=1S/C15H26N2O2/c1-19-15(18)4-5-16-6-8-17(9-7-16)14-11-12-2-3-13(14)10-12/h12-14H,2-11H2,1H3. The van der Waals surface area contributed by atoms with Crippen LogP contribution in [0.1, 0.15) is 32.1 Å². The number of rotatable bonds is 4. The molecule has 0 aromatic carbocycles. The minimum atomic E-state index is -0.0875. The van der Waals surface area contributed by atoms with Crippen LogP contribution in [0.25, 0.3) is 0 Å². The predicted molar refractivity (Wildman–Crippen MR) is 73.9 cm³/mol. The molecule has 1 aliphatic heterocycles. The molecule has 0 amide bonds. The van der Waals surface area contributed by atoms with Gasteiger partial charge in [0.2, 0.25) is 0 Å². The first kappa shape index (κ1) is 13.4. The van der Waals surface area contributed by atoms with E-state index in [2.05, 4.69) is 9.80 Å². The van der Waals surface area contributed by atoms with Crippen molar-refractivity contribution in [2.24, 2.45) is 11.8 Å². The Bertz CT molecular complexity index is 326. The summed E-state index contributed by atoms with van der Waals surface area (Å²) in [4.78, 5) is 16.3. The van der Waals surface area contributed by atoms with Crippen molar-refractivity contribution >= 4 is 5.97 Å². The molecule has 19 heavy (non-hydrogen) atoms. The van der Waals surface area contributed by atoms with E-state index in [1.807, 2.05) is 0 Å². The van der Waals surface area contributed by atoms with E-state index in [1.54, 1.807) is 0 Å². The quantitative estimate of drug-likeness (QED) is 0.719. The number of carbonyl (C=O) groups excluding carboxylic acids is 1. The van der Waals surface area contributed by atoms with Gasteiger partial charge in [-0.05, 0) is 31.1 Å². The van der Waals surface area contributed by atoms with E-state index in [-0.39, 0.29) is 5.97 Å². The van der Waals surface area contributed by atoms with Gasteiger partial charge in [0.25, 0.3) is 0 Å². The number of carbonyl (C=O) groups is 1. The molecule has 0 aromatic rings. The van der Waals surface area contributed by atoms with Crippen molar-refractivity contribution in [2.45, 2.75) is 38.1 Å². The van der Waals surface area contributed by atoms with Crippen LogP contribution in [0.2, 0.25) is 0 Å². The van der Waals surface area contributed by atoms with E-state index < -0.39 is 0 Å². The maximum absolute atomic E-state index is 11.2. The second-order valence-electron chi connectivity index (χ2n) is 6.45. The maximum Gasteiger partial charge on any atom is 0.306 e. The highest BCUT2D eigenvalue weighted by Gasteiger charge is 2.42. The van der Waals surface area contributed by atoms with Crippen LogP contribution < -0.4 is 0 Å². The second kappa shape index (κ2) is 5.80. The first-order valence-corrected chi connectivity index (χ1v) is 7.79. The van der Waals surface area contributed by atoms with E-state index in [4.69, 9.17) is 4.74 Å². The number of hydrogen-bond acceptors (Lipinski definition) is 4. The van der Waals surface area contributed by atoms with Crippen molar-refractivity contribution in [1.82, 2.24) is 9.80 Å². The minimum Gasteiger partial charge on any atom is -0.469 e. The molecule has 1 heterocycles. The van der Waals surface area contributed by atoms with Crippen molar-refractivity contribution in [1.29, 1.82) is 0 Å². The van der Waals surface area contributed by atoms with Gasteiger partial charge in [-0.3, -0.25) is 9.69 Å². The number of nitrogens with zero attached hydrogens (tertiary/aromatic N) is 2. The molecule has 4 heteroatoms. The summed E-state index contributed by atoms with van der Waals surface area (Å²) in [5.41, 5.74) is 0. The normalized spacial score (nSPS) is 35.7. The lowest BCUT2D eigenvalue weighted by Crippen LogP contribution is -2.51. The zero-order chi connectivity index (χ0) is 13.2. The molecule has 0 aromatic heterocycles. The fourth-order valence-electron chi connectivity index (χ4n) is 4.33. The van der Waals surface area contributed by atoms with Gasteiger partial charge in [-0.15, -0.1) is 0 Å². The number of fused-ring (bicyclic) bond motifs is 2. The number of piperazine rings is 1. The summed E-state index contributed by atoms with van der Waals surface area (Å²) in [5.74, 6) is 1.94. The molecule has 2 aliphatic carbocycles. The third-order valence-electron chi connectivity index (χ3n) is 5.44. The zero-order valence-electron chi connectivity index (χ0n) is 12.0. The molecule has 4 nitrogen and oxygen atoms in total. The highest BCUT2D eigenvalue weighted by Crippen LogP contribution is 2.46. The lowest BCUT2D eigenvalue weighted by atomic mass is 9.93. The molecule has 1 saturated heterocycles. The second-order valence-corrected chi connectivity index (χ2v) is 6.45. The molecule has 108 valence electrons. The van der Waals surface area contributed by atoms with E-state index in [0.29, 0.717) is 6.42 Å². The van der Waals surface area contributed by atoms with E-state index in [9.17, 15) is 4.79 Å². The molecule has 0 spiro atoms. The van der Waals surface area contributed by atoms with Crippen LogP contribution in [0.15, 0.2) is 0 Å². The Morgan fingerprint density at radius 2 is 1.95 bits per heavy atom. The van der Waals surface area contributed by atoms with Gasteiger partial charge in [0.05, 0.1) is 13.5 Å². The lowest BCUT2D eigenvalue weighted by molar-refractivity contribution is -0.141. The van der Waals surface area contributed by atoms with Gasteiger partial charge >= 0.3 is 5.97 Å². The molecular weight excluding hydrogens is 240 g/mol. The summed E-state index contributed by atoms with van der Waals surface area (Å²) in [5, 5.41) is 0. The Hall–Kier alpha value is -0.610. The van der Waals surface area contributed by atoms with Crippen molar-refractivity contribution in [3.8, 4) is 0 Å². The van der Waals surface area contributed by atoms with E-state index in [1.165, 1.54) is 45.9 Å². The summed E-state index contributed by atoms with van der Waals surface area (Å²) >= 11 is 0. The average Bonchev–Trinajstić information content (AvgIpc) is 3.08. The van der Waals surface area contributed by atoms with E-state index in [0.717, 1.165) is 37.5 Å². The van der Waals surface area contributed by atoms with Gasteiger partial charge in [0.15, 0.2) is 0 Å². The largest absolute Gasteiger partial charge is 0.469 e. The SMILES string of the molecule is COC(=O)CCN1CCN(C2CC3CCC2C3)CC1. The summed E-state index contributed by atoms with van der Waals surface area (Å²) < 4.78 is 4.70. The number of esters is 1. The molecule has 3 unspecified atom stereocenters. The molecule has 2 saturated carbocycles. The van der Waals surface area contributed by atoms with Gasteiger partial charge in [0.1, 0.15) is 0 Å². The van der Waals surface area contributed by atoms with Crippen LogP contribution >= 0.6 is 0 Å². The van der Waals surface area contributed by atoms with Crippen molar-refractivity contribution in [3.63, 3.8) is 0 Å². The Morgan fingerprint density at radius 1 is 1.16 bits per heavy atom. The Labute approximate surface area is 116 Å². The number of ether oxygens (including phenoxy) is 1. The average molecular weight is 266 g/mol. The summed E-state index contributed by atoms with van der Waals surface area (Å²) in [6.07, 6.45) is 6.43. The minimum absolute atomic E-state index is 0.0875. The monoisotopic (exact) mass is 266 g/mol. The van der Waals surface area contributed by atoms with Crippen molar-refractivity contribution in [3.05, 3.63) is 0 Å². The summed E-state index contributed by atoms with van der Waals surface area (Å²) in [7, 11) is 1.47. The van der Waals surface area contributed by atoms with Gasteiger partial charge in [-0.25, -0.2) is 0 Å². The molecular formula is C15H26N2O2. The highest BCUT2D eigenvalue weighted by atomic mass is 16.5. The molecule has 0 N–H and O–H groups in total. The van der Waals surface area contributed by atoms with Crippen LogP contribution in [-0.4, -0.2) is 61.6 Å². The summed E-state index contributed by atoms with van der Waals surface area (Å²) in [6.45, 7) is 5.47. The maximum atomic E-state index is 11.2. The summed E-state index contributed by atoms with van der Waals surface area (Å²) in [6, 6.07) is 0.876. The molecule has 3 fully saturated rings. The van der Waals surface area contributed by atoms with Crippen LogP contribution in [0.4, 0.5) is 0 Å². The zero-order valence-corrected chi connectivity index (χ0v) is 12.0. The molecule has 0 radical (unpaired) electrons. The smallest absolute Gasteiger partial charge is 0.306 e. The van der Waals surface area contributed by atoms with Crippen LogP contribution in [-0.2, 0) is 9.53 Å². The Balaban J connectivity index is 1.41. The van der Waals surface area contributed by atoms with Gasteiger partial charge in [0, 0.05) is 38.8 Å². The highest BCUT2D eigenvalue weighted by molar-refractivity contribution is 5.69. The molecule has 3 aliphatic rings. The number of hydrogen-bond donors (Lipinski definition) is 0.